The molecule has 166 valence electrons. The first kappa shape index (κ1) is 22.0. The molecule has 0 aliphatic rings. The predicted octanol–water partition coefficient (Wildman–Crippen LogP) is 4.22. The Balaban J connectivity index is 1.40. The third kappa shape index (κ3) is 5.33. The van der Waals surface area contributed by atoms with E-state index in [-0.39, 0.29) is 0 Å². The van der Waals surface area contributed by atoms with Gasteiger partial charge in [-0.2, -0.15) is 5.10 Å². The van der Waals surface area contributed by atoms with Gasteiger partial charge in [-0.1, -0.05) is 61.5 Å². The van der Waals surface area contributed by atoms with Gasteiger partial charge in [0.2, 0.25) is 0 Å². The third-order valence-electron chi connectivity index (χ3n) is 5.15. The Morgan fingerprint density at radius 3 is 2.48 bits per heavy atom. The van der Waals surface area contributed by atoms with Crippen molar-refractivity contribution in [3.63, 3.8) is 0 Å². The number of nitrogens with zero attached hydrogens (tertiary/aromatic N) is 3. The van der Waals surface area contributed by atoms with E-state index in [2.05, 4.69) is 15.4 Å². The largest absolute Gasteiger partial charge is 0.452 e. The molecule has 0 spiro atoms. The second-order valence-electron chi connectivity index (χ2n) is 7.40. The summed E-state index contributed by atoms with van der Waals surface area (Å²) in [6.07, 6.45) is 4.35. The Hall–Kier alpha value is -4.26. The van der Waals surface area contributed by atoms with Crippen LogP contribution in [0.25, 0.3) is 5.82 Å². The second-order valence-corrected chi connectivity index (χ2v) is 7.40. The Morgan fingerprint density at radius 2 is 1.73 bits per heavy atom. The van der Waals surface area contributed by atoms with Gasteiger partial charge < -0.3 is 10.1 Å². The summed E-state index contributed by atoms with van der Waals surface area (Å²) in [6, 6.07) is 23.1. The minimum absolute atomic E-state index is 0.320. The Kier molecular flexibility index (Phi) is 6.90. The highest BCUT2D eigenvalue weighted by Crippen LogP contribution is 2.19. The standard InChI is InChI=1S/C26H24N4O3/c1-2-23-21(17-28-30(23)24-14-8-9-15-27-24)26(32)33-18-25(31)29-22-13-7-6-12-20(22)16-19-10-4-3-5-11-19/h3-15,17H,2,16,18H2,1H3,(H,29,31). The van der Waals surface area contributed by atoms with Crippen LogP contribution in [-0.4, -0.2) is 33.2 Å². The SMILES string of the molecule is CCc1c(C(=O)OCC(=O)Nc2ccccc2Cc2ccccc2)cnn1-c1ccccn1. The lowest BCUT2D eigenvalue weighted by Crippen LogP contribution is -2.22. The molecule has 7 nitrogen and oxygen atoms in total. The lowest BCUT2D eigenvalue weighted by atomic mass is 10.0. The summed E-state index contributed by atoms with van der Waals surface area (Å²) in [5, 5.41) is 7.13. The fourth-order valence-electron chi connectivity index (χ4n) is 3.57. The van der Waals surface area contributed by atoms with Gasteiger partial charge in [-0.25, -0.2) is 14.5 Å². The zero-order valence-corrected chi connectivity index (χ0v) is 18.3. The highest BCUT2D eigenvalue weighted by molar-refractivity contribution is 5.96. The van der Waals surface area contributed by atoms with Crippen LogP contribution in [-0.2, 0) is 22.4 Å². The average molecular weight is 441 g/mol. The molecule has 2 heterocycles. The van der Waals surface area contributed by atoms with Crippen molar-refractivity contribution in [2.45, 2.75) is 19.8 Å². The first-order chi connectivity index (χ1) is 16.2. The predicted molar refractivity (Wildman–Crippen MR) is 125 cm³/mol. The molecule has 1 amide bonds. The number of carbonyl (C=O) groups excluding carboxylic acids is 2. The molecule has 0 atom stereocenters. The van der Waals surface area contributed by atoms with Crippen LogP contribution in [0.4, 0.5) is 5.69 Å². The highest BCUT2D eigenvalue weighted by Gasteiger charge is 2.20. The molecule has 0 aliphatic carbocycles. The van der Waals surface area contributed by atoms with E-state index in [4.69, 9.17) is 4.74 Å². The number of hydrogen-bond acceptors (Lipinski definition) is 5. The lowest BCUT2D eigenvalue weighted by molar-refractivity contribution is -0.119. The molecule has 33 heavy (non-hydrogen) atoms. The summed E-state index contributed by atoms with van der Waals surface area (Å²) < 4.78 is 6.89. The van der Waals surface area contributed by atoms with Gasteiger partial charge in [0.15, 0.2) is 12.4 Å². The smallest absolute Gasteiger partial charge is 0.342 e. The molecule has 1 N–H and O–H groups in total. The number of nitrogens with one attached hydrogen (secondary N) is 1. The number of rotatable bonds is 8. The summed E-state index contributed by atoms with van der Waals surface area (Å²) in [4.78, 5) is 29.4. The van der Waals surface area contributed by atoms with Crippen LogP contribution in [0.2, 0.25) is 0 Å². The summed E-state index contributed by atoms with van der Waals surface area (Å²) in [7, 11) is 0. The fourth-order valence-corrected chi connectivity index (χ4v) is 3.57. The Morgan fingerprint density at radius 1 is 0.970 bits per heavy atom. The van der Waals surface area contributed by atoms with E-state index in [1.165, 1.54) is 6.20 Å². The topological polar surface area (TPSA) is 86.1 Å². The monoisotopic (exact) mass is 440 g/mol. The number of benzene rings is 2. The summed E-state index contributed by atoms with van der Waals surface area (Å²) in [5.41, 5.74) is 3.81. The number of ether oxygens (including phenoxy) is 1. The number of para-hydroxylation sites is 1. The first-order valence-corrected chi connectivity index (χ1v) is 10.7. The van der Waals surface area contributed by atoms with E-state index in [9.17, 15) is 9.59 Å². The van der Waals surface area contributed by atoms with Gasteiger partial charge in [0, 0.05) is 11.9 Å². The number of aromatic nitrogens is 3. The molecule has 0 bridgehead atoms. The van der Waals surface area contributed by atoms with E-state index in [0.717, 1.165) is 11.1 Å². The maximum absolute atomic E-state index is 12.7. The van der Waals surface area contributed by atoms with Gasteiger partial charge in [0.05, 0.1) is 11.9 Å². The average Bonchev–Trinajstić information content (AvgIpc) is 3.29. The molecule has 0 saturated carbocycles. The molecular formula is C26H24N4O3. The summed E-state index contributed by atoms with van der Waals surface area (Å²) >= 11 is 0. The van der Waals surface area contributed by atoms with Crippen molar-refractivity contribution in [2.24, 2.45) is 0 Å². The van der Waals surface area contributed by atoms with Crippen LogP contribution in [0.3, 0.4) is 0 Å². The molecule has 2 aromatic carbocycles. The van der Waals surface area contributed by atoms with Crippen molar-refractivity contribution in [1.82, 2.24) is 14.8 Å². The van der Waals surface area contributed by atoms with E-state index in [1.54, 1.807) is 10.9 Å². The van der Waals surface area contributed by atoms with Crippen LogP contribution in [0.1, 0.15) is 34.1 Å². The maximum Gasteiger partial charge on any atom is 0.342 e. The van der Waals surface area contributed by atoms with E-state index in [1.807, 2.05) is 79.7 Å². The molecule has 2 aromatic heterocycles. The molecule has 0 aliphatic heterocycles. The van der Waals surface area contributed by atoms with E-state index >= 15 is 0 Å². The van der Waals surface area contributed by atoms with Gasteiger partial charge >= 0.3 is 5.97 Å². The quantitative estimate of drug-likeness (QED) is 0.415. The van der Waals surface area contributed by atoms with Gasteiger partial charge in [-0.05, 0) is 42.2 Å². The van der Waals surface area contributed by atoms with E-state index < -0.39 is 18.5 Å². The molecule has 0 unspecified atom stereocenters. The number of hydrogen-bond donors (Lipinski definition) is 1. The van der Waals surface area contributed by atoms with Gasteiger partial charge in [0.1, 0.15) is 5.56 Å². The highest BCUT2D eigenvalue weighted by atomic mass is 16.5. The maximum atomic E-state index is 12.7. The minimum Gasteiger partial charge on any atom is -0.452 e. The molecule has 4 aromatic rings. The number of esters is 1. The van der Waals surface area contributed by atoms with Gasteiger partial charge in [0.25, 0.3) is 5.91 Å². The van der Waals surface area contributed by atoms with Crippen molar-refractivity contribution >= 4 is 17.6 Å². The second kappa shape index (κ2) is 10.4. The van der Waals surface area contributed by atoms with Crippen molar-refractivity contribution in [3.05, 3.63) is 108 Å². The molecule has 4 rings (SSSR count). The first-order valence-electron chi connectivity index (χ1n) is 10.7. The van der Waals surface area contributed by atoms with E-state index in [0.29, 0.717) is 35.6 Å². The van der Waals surface area contributed by atoms with Crippen LogP contribution in [0.15, 0.2) is 85.2 Å². The van der Waals surface area contributed by atoms with Gasteiger partial charge in [-0.3, -0.25) is 4.79 Å². The Bertz CT molecular complexity index is 1240. The molecule has 0 saturated heterocycles. The minimum atomic E-state index is -0.596. The van der Waals surface area contributed by atoms with Crippen molar-refractivity contribution in [1.29, 1.82) is 0 Å². The Labute approximate surface area is 192 Å². The van der Waals surface area contributed by atoms with Crippen molar-refractivity contribution in [2.75, 3.05) is 11.9 Å². The van der Waals surface area contributed by atoms with Crippen molar-refractivity contribution in [3.8, 4) is 5.82 Å². The molecule has 0 radical (unpaired) electrons. The zero-order chi connectivity index (χ0) is 23.0. The molecule has 0 fully saturated rings. The van der Waals surface area contributed by atoms with Gasteiger partial charge in [-0.15, -0.1) is 0 Å². The zero-order valence-electron chi connectivity index (χ0n) is 18.3. The summed E-state index contributed by atoms with van der Waals surface area (Å²) in [6.45, 7) is 1.53. The van der Waals surface area contributed by atoms with Crippen LogP contribution < -0.4 is 5.32 Å². The third-order valence-corrected chi connectivity index (χ3v) is 5.15. The lowest BCUT2D eigenvalue weighted by Gasteiger charge is -2.12. The summed E-state index contributed by atoms with van der Waals surface area (Å²) in [5.74, 6) is -0.387. The van der Waals surface area contributed by atoms with Crippen LogP contribution in [0.5, 0.6) is 0 Å². The number of anilines is 1. The number of carbonyl (C=O) groups is 2. The normalized spacial score (nSPS) is 10.6. The van der Waals surface area contributed by atoms with Crippen molar-refractivity contribution < 1.29 is 14.3 Å². The van der Waals surface area contributed by atoms with Crippen LogP contribution in [0, 0.1) is 0 Å². The van der Waals surface area contributed by atoms with Crippen LogP contribution >= 0.6 is 0 Å². The number of pyridine rings is 1. The number of amides is 1. The molecule has 7 heteroatoms. The fraction of sp³-hybridized carbons (Fsp3) is 0.154. The molecular weight excluding hydrogens is 416 g/mol.